The fourth-order valence-electron chi connectivity index (χ4n) is 2.63. The molecule has 0 aliphatic carbocycles. The lowest BCUT2D eigenvalue weighted by Gasteiger charge is -2.22. The molecule has 0 fully saturated rings. The number of nitrogens with one attached hydrogen (secondary N) is 1. The normalized spacial score (nSPS) is 12.2. The van der Waals surface area contributed by atoms with E-state index in [1.807, 2.05) is 30.3 Å². The largest absolute Gasteiger partial charge is 0.496 e. The average molecular weight is 304 g/mol. The lowest BCUT2D eigenvalue weighted by Crippen LogP contribution is -2.24. The number of para-hydroxylation sites is 1. The Balaban J connectivity index is 2.33. The van der Waals surface area contributed by atoms with Crippen molar-refractivity contribution in [1.29, 1.82) is 0 Å². The van der Waals surface area contributed by atoms with Crippen LogP contribution in [0.5, 0.6) is 5.75 Å². The van der Waals surface area contributed by atoms with Gasteiger partial charge in [-0.1, -0.05) is 48.9 Å². The van der Waals surface area contributed by atoms with Crippen LogP contribution in [0.15, 0.2) is 42.5 Å². The van der Waals surface area contributed by atoms with Gasteiger partial charge in [0.25, 0.3) is 0 Å². The molecule has 0 saturated heterocycles. The molecule has 1 unspecified atom stereocenters. The van der Waals surface area contributed by atoms with Crippen molar-refractivity contribution < 1.29 is 4.74 Å². The molecule has 1 atom stereocenters. The summed E-state index contributed by atoms with van der Waals surface area (Å²) in [5, 5.41) is 4.37. The molecule has 0 aliphatic heterocycles. The van der Waals surface area contributed by atoms with E-state index in [-0.39, 0.29) is 6.04 Å². The van der Waals surface area contributed by atoms with Crippen molar-refractivity contribution in [2.45, 2.75) is 26.3 Å². The van der Waals surface area contributed by atoms with Gasteiger partial charge in [-0.15, -0.1) is 0 Å². The molecule has 0 spiro atoms. The van der Waals surface area contributed by atoms with Gasteiger partial charge < -0.3 is 10.1 Å². The van der Waals surface area contributed by atoms with Crippen LogP contribution in [0.4, 0.5) is 0 Å². The smallest absolute Gasteiger partial charge is 0.122 e. The van der Waals surface area contributed by atoms with E-state index < -0.39 is 0 Å². The van der Waals surface area contributed by atoms with E-state index in [0.717, 1.165) is 29.3 Å². The average Bonchev–Trinajstić information content (AvgIpc) is 2.50. The third kappa shape index (κ3) is 3.78. The SMILES string of the molecule is CCNC(Cc1ccccc1OC)c1cccc(Cl)c1C. The van der Waals surface area contributed by atoms with Crippen LogP contribution in [0.2, 0.25) is 5.02 Å². The third-order valence-corrected chi connectivity index (χ3v) is 4.16. The van der Waals surface area contributed by atoms with E-state index in [9.17, 15) is 0 Å². The van der Waals surface area contributed by atoms with Crippen molar-refractivity contribution in [3.05, 3.63) is 64.2 Å². The number of hydrogen-bond acceptors (Lipinski definition) is 2. The minimum Gasteiger partial charge on any atom is -0.496 e. The molecule has 2 nitrogen and oxygen atoms in total. The molecule has 0 aromatic heterocycles. The number of rotatable bonds is 6. The van der Waals surface area contributed by atoms with E-state index in [1.165, 1.54) is 11.1 Å². The summed E-state index contributed by atoms with van der Waals surface area (Å²) in [7, 11) is 1.71. The van der Waals surface area contributed by atoms with Gasteiger partial charge in [0.15, 0.2) is 0 Å². The van der Waals surface area contributed by atoms with Gasteiger partial charge in [0.1, 0.15) is 5.75 Å². The second kappa shape index (κ2) is 7.48. The quantitative estimate of drug-likeness (QED) is 0.845. The van der Waals surface area contributed by atoms with Gasteiger partial charge >= 0.3 is 0 Å². The van der Waals surface area contributed by atoms with Crippen molar-refractivity contribution in [1.82, 2.24) is 5.32 Å². The first kappa shape index (κ1) is 15.9. The highest BCUT2D eigenvalue weighted by molar-refractivity contribution is 6.31. The maximum atomic E-state index is 6.27. The highest BCUT2D eigenvalue weighted by Crippen LogP contribution is 2.29. The first-order valence-corrected chi connectivity index (χ1v) is 7.65. The van der Waals surface area contributed by atoms with Crippen LogP contribution < -0.4 is 10.1 Å². The van der Waals surface area contributed by atoms with Crippen LogP contribution in [-0.4, -0.2) is 13.7 Å². The zero-order valence-corrected chi connectivity index (χ0v) is 13.6. The Bertz CT molecular complexity index is 598. The van der Waals surface area contributed by atoms with Crippen LogP contribution in [0.25, 0.3) is 0 Å². The minimum atomic E-state index is 0.227. The molecule has 0 bridgehead atoms. The summed E-state index contributed by atoms with van der Waals surface area (Å²) in [6.45, 7) is 5.10. The summed E-state index contributed by atoms with van der Waals surface area (Å²) in [6, 6.07) is 14.5. The second-order valence-corrected chi connectivity index (χ2v) is 5.49. The topological polar surface area (TPSA) is 21.3 Å². The third-order valence-electron chi connectivity index (χ3n) is 3.75. The molecular formula is C18H22ClNO. The molecule has 0 amide bonds. The summed E-state index contributed by atoms with van der Waals surface area (Å²) < 4.78 is 5.46. The summed E-state index contributed by atoms with van der Waals surface area (Å²) in [5.41, 5.74) is 3.58. The highest BCUT2D eigenvalue weighted by Gasteiger charge is 2.16. The Hall–Kier alpha value is -1.51. The maximum Gasteiger partial charge on any atom is 0.122 e. The Morgan fingerprint density at radius 1 is 1.14 bits per heavy atom. The molecule has 3 heteroatoms. The van der Waals surface area contributed by atoms with Crippen molar-refractivity contribution in [3.8, 4) is 5.75 Å². The molecule has 0 heterocycles. The van der Waals surface area contributed by atoms with Crippen LogP contribution in [0.1, 0.15) is 29.7 Å². The zero-order chi connectivity index (χ0) is 15.2. The highest BCUT2D eigenvalue weighted by atomic mass is 35.5. The van der Waals surface area contributed by atoms with Crippen LogP contribution >= 0.6 is 11.6 Å². The zero-order valence-electron chi connectivity index (χ0n) is 12.8. The Labute approximate surface area is 132 Å². The van der Waals surface area contributed by atoms with Crippen LogP contribution in [0, 0.1) is 6.92 Å². The van der Waals surface area contributed by atoms with Gasteiger partial charge in [0.2, 0.25) is 0 Å². The molecule has 21 heavy (non-hydrogen) atoms. The Kier molecular flexibility index (Phi) is 5.66. The van der Waals surface area contributed by atoms with Gasteiger partial charge in [0, 0.05) is 11.1 Å². The summed E-state index contributed by atoms with van der Waals surface area (Å²) in [6.07, 6.45) is 0.874. The number of methoxy groups -OCH3 is 1. The molecule has 2 rings (SSSR count). The molecule has 0 saturated carbocycles. The van der Waals surface area contributed by atoms with Crippen molar-refractivity contribution >= 4 is 11.6 Å². The van der Waals surface area contributed by atoms with Gasteiger partial charge in [-0.25, -0.2) is 0 Å². The fourth-order valence-corrected chi connectivity index (χ4v) is 2.81. The van der Waals surface area contributed by atoms with Crippen molar-refractivity contribution in [2.24, 2.45) is 0 Å². The van der Waals surface area contributed by atoms with Crippen molar-refractivity contribution in [3.63, 3.8) is 0 Å². The fraction of sp³-hybridized carbons (Fsp3) is 0.333. The molecule has 1 N–H and O–H groups in total. The number of benzene rings is 2. The minimum absolute atomic E-state index is 0.227. The lowest BCUT2D eigenvalue weighted by molar-refractivity contribution is 0.405. The first-order chi connectivity index (χ1) is 10.2. The monoisotopic (exact) mass is 303 g/mol. The van der Waals surface area contributed by atoms with E-state index in [1.54, 1.807) is 7.11 Å². The lowest BCUT2D eigenvalue weighted by atomic mass is 9.95. The molecular weight excluding hydrogens is 282 g/mol. The van der Waals surface area contributed by atoms with E-state index in [2.05, 4.69) is 31.3 Å². The van der Waals surface area contributed by atoms with E-state index in [0.29, 0.717) is 0 Å². The number of hydrogen-bond donors (Lipinski definition) is 1. The van der Waals surface area contributed by atoms with Crippen LogP contribution in [-0.2, 0) is 6.42 Å². The van der Waals surface area contributed by atoms with Crippen LogP contribution in [0.3, 0.4) is 0 Å². The summed E-state index contributed by atoms with van der Waals surface area (Å²) in [5.74, 6) is 0.931. The molecule has 2 aromatic rings. The molecule has 112 valence electrons. The predicted molar refractivity (Wildman–Crippen MR) is 89.3 cm³/mol. The van der Waals surface area contributed by atoms with Gasteiger partial charge in [0.05, 0.1) is 7.11 Å². The Morgan fingerprint density at radius 2 is 1.90 bits per heavy atom. The maximum absolute atomic E-state index is 6.27. The number of ether oxygens (including phenoxy) is 1. The second-order valence-electron chi connectivity index (χ2n) is 5.08. The summed E-state index contributed by atoms with van der Waals surface area (Å²) >= 11 is 6.27. The van der Waals surface area contributed by atoms with E-state index in [4.69, 9.17) is 16.3 Å². The van der Waals surface area contributed by atoms with E-state index >= 15 is 0 Å². The Morgan fingerprint density at radius 3 is 2.62 bits per heavy atom. The molecule has 0 aliphatic rings. The number of halogens is 1. The summed E-state index contributed by atoms with van der Waals surface area (Å²) in [4.78, 5) is 0. The first-order valence-electron chi connectivity index (χ1n) is 7.27. The molecule has 2 aromatic carbocycles. The predicted octanol–water partition coefficient (Wildman–Crippen LogP) is 4.55. The van der Waals surface area contributed by atoms with Gasteiger partial charge in [-0.3, -0.25) is 0 Å². The van der Waals surface area contributed by atoms with Crippen molar-refractivity contribution in [2.75, 3.05) is 13.7 Å². The van der Waals surface area contributed by atoms with Gasteiger partial charge in [-0.2, -0.15) is 0 Å². The number of likely N-dealkylation sites (N-methyl/N-ethyl adjacent to an activating group) is 1. The van der Waals surface area contributed by atoms with Gasteiger partial charge in [-0.05, 0) is 48.7 Å². The molecule has 0 radical (unpaired) electrons. The standard InChI is InChI=1S/C18H22ClNO/c1-4-20-17(15-9-7-10-16(19)13(15)2)12-14-8-5-6-11-18(14)21-3/h5-11,17,20H,4,12H2,1-3H3.